The van der Waals surface area contributed by atoms with E-state index >= 15 is 0 Å². The molecule has 3 aromatic rings. The highest BCUT2D eigenvalue weighted by Gasteiger charge is 2.25. The van der Waals surface area contributed by atoms with Crippen LogP contribution in [0.2, 0.25) is 0 Å². The number of nitrogens with two attached hydrogens (primary N) is 1. The number of hydrogen-bond acceptors (Lipinski definition) is 5. The van der Waals surface area contributed by atoms with E-state index in [1.807, 2.05) is 44.2 Å². The van der Waals surface area contributed by atoms with Gasteiger partial charge in [0.05, 0.1) is 21.3 Å². The number of aromatic nitrogens is 1. The Morgan fingerprint density at radius 1 is 1.00 bits per heavy atom. The van der Waals surface area contributed by atoms with E-state index in [1.54, 1.807) is 12.1 Å². The molecule has 0 amide bonds. The summed E-state index contributed by atoms with van der Waals surface area (Å²) in [5.74, 6) is 0. The van der Waals surface area contributed by atoms with Gasteiger partial charge in [0.25, 0.3) is 0 Å². The molecule has 0 saturated heterocycles. The third kappa shape index (κ3) is 3.62. The lowest BCUT2D eigenvalue weighted by atomic mass is 10.0. The minimum Gasteiger partial charge on any atom is -0.346 e. The highest BCUT2D eigenvalue weighted by molar-refractivity contribution is 7.89. The van der Waals surface area contributed by atoms with Crippen molar-refractivity contribution in [1.29, 1.82) is 0 Å². The smallest absolute Gasteiger partial charge is 0.238 e. The fourth-order valence-corrected chi connectivity index (χ4v) is 3.96. The number of nitrogens with zero attached hydrogens (tertiary/aromatic N) is 1. The van der Waals surface area contributed by atoms with Gasteiger partial charge in [0.2, 0.25) is 15.1 Å². The highest BCUT2D eigenvalue weighted by Crippen LogP contribution is 2.37. The Labute approximate surface area is 154 Å². The summed E-state index contributed by atoms with van der Waals surface area (Å²) in [7, 11) is -5.18. The van der Waals surface area contributed by atoms with Crippen LogP contribution in [0.1, 0.15) is 13.8 Å². The summed E-state index contributed by atoms with van der Waals surface area (Å²) in [5, 5.41) is 9.39. The standard InChI is InChI=1S/C18H18N2O4S2/c1-12(2)25(21)18-16(13-8-10-15(11-9-13)26(19,22)23)17(20-24-18)14-6-4-3-5-7-14/h3-12H,1-2H3,(H2,19,22,23). The lowest BCUT2D eigenvalue weighted by Crippen LogP contribution is -2.11. The molecule has 0 spiro atoms. The highest BCUT2D eigenvalue weighted by atomic mass is 32.2. The molecule has 1 atom stereocenters. The minimum atomic E-state index is -3.79. The van der Waals surface area contributed by atoms with Crippen LogP contribution in [0.3, 0.4) is 0 Å². The molecule has 0 bridgehead atoms. The zero-order valence-electron chi connectivity index (χ0n) is 14.2. The van der Waals surface area contributed by atoms with E-state index < -0.39 is 20.8 Å². The fourth-order valence-electron chi connectivity index (χ4n) is 2.49. The van der Waals surface area contributed by atoms with Crippen LogP contribution in [0, 0.1) is 0 Å². The van der Waals surface area contributed by atoms with Crippen molar-refractivity contribution in [3.63, 3.8) is 0 Å². The largest absolute Gasteiger partial charge is 0.346 e. The van der Waals surface area contributed by atoms with E-state index in [9.17, 15) is 12.6 Å². The van der Waals surface area contributed by atoms with Crippen LogP contribution in [0.25, 0.3) is 22.4 Å². The maximum atomic E-state index is 12.7. The molecule has 8 heteroatoms. The van der Waals surface area contributed by atoms with E-state index in [2.05, 4.69) is 5.16 Å². The van der Waals surface area contributed by atoms with Gasteiger partial charge >= 0.3 is 0 Å². The molecule has 1 aromatic heterocycles. The van der Waals surface area contributed by atoms with Crippen molar-refractivity contribution in [3.8, 4) is 22.4 Å². The quantitative estimate of drug-likeness (QED) is 0.721. The zero-order chi connectivity index (χ0) is 18.9. The first-order valence-electron chi connectivity index (χ1n) is 7.88. The molecule has 26 heavy (non-hydrogen) atoms. The van der Waals surface area contributed by atoms with Crippen LogP contribution in [0.4, 0.5) is 0 Å². The predicted molar refractivity (Wildman–Crippen MR) is 100 cm³/mol. The predicted octanol–water partition coefficient (Wildman–Crippen LogP) is 3.17. The third-order valence-corrected chi connectivity index (χ3v) is 6.22. The average molecular weight is 390 g/mol. The van der Waals surface area contributed by atoms with Gasteiger partial charge in [-0.3, -0.25) is 4.21 Å². The van der Waals surface area contributed by atoms with Gasteiger partial charge in [-0.25, -0.2) is 13.6 Å². The molecular formula is C18H18N2O4S2. The first-order chi connectivity index (χ1) is 12.3. The van der Waals surface area contributed by atoms with E-state index in [4.69, 9.17) is 9.66 Å². The topological polar surface area (TPSA) is 103 Å². The third-order valence-electron chi connectivity index (χ3n) is 3.79. The molecule has 1 unspecified atom stereocenters. The van der Waals surface area contributed by atoms with Crippen molar-refractivity contribution in [2.45, 2.75) is 29.1 Å². The molecule has 3 rings (SSSR count). The SMILES string of the molecule is CC(C)S(=O)c1onc(-c2ccccc2)c1-c1ccc(S(N)(=O)=O)cc1. The molecule has 0 fully saturated rings. The molecule has 0 aliphatic carbocycles. The van der Waals surface area contributed by atoms with Crippen LogP contribution < -0.4 is 5.14 Å². The second-order valence-electron chi connectivity index (χ2n) is 5.98. The van der Waals surface area contributed by atoms with Gasteiger partial charge in [-0.05, 0) is 17.7 Å². The van der Waals surface area contributed by atoms with Gasteiger partial charge in [-0.1, -0.05) is 61.5 Å². The van der Waals surface area contributed by atoms with E-state index in [0.717, 1.165) is 5.56 Å². The normalized spacial score (nSPS) is 13.1. The van der Waals surface area contributed by atoms with Gasteiger partial charge in [0.15, 0.2) is 0 Å². The molecule has 2 aromatic carbocycles. The Morgan fingerprint density at radius 3 is 2.15 bits per heavy atom. The molecule has 0 radical (unpaired) electrons. The number of sulfonamides is 1. The molecule has 6 nitrogen and oxygen atoms in total. The van der Waals surface area contributed by atoms with Crippen molar-refractivity contribution >= 4 is 20.8 Å². The van der Waals surface area contributed by atoms with Gasteiger partial charge in [0.1, 0.15) is 5.69 Å². The summed E-state index contributed by atoms with van der Waals surface area (Å²) in [5.41, 5.74) is 2.61. The van der Waals surface area contributed by atoms with Crippen LogP contribution in [-0.2, 0) is 20.8 Å². The summed E-state index contributed by atoms with van der Waals surface area (Å²) < 4.78 is 41.1. The molecule has 0 aliphatic rings. The van der Waals surface area contributed by atoms with Gasteiger partial charge in [-0.15, -0.1) is 0 Å². The monoisotopic (exact) mass is 390 g/mol. The van der Waals surface area contributed by atoms with Crippen LogP contribution in [-0.4, -0.2) is 23.0 Å². The lowest BCUT2D eigenvalue weighted by molar-refractivity contribution is 0.347. The average Bonchev–Trinajstić information content (AvgIpc) is 3.06. The minimum absolute atomic E-state index is 0.00509. The van der Waals surface area contributed by atoms with Gasteiger partial charge in [-0.2, -0.15) is 0 Å². The van der Waals surface area contributed by atoms with Crippen LogP contribution >= 0.6 is 0 Å². The molecular weight excluding hydrogens is 372 g/mol. The second-order valence-corrected chi connectivity index (χ2v) is 9.45. The first kappa shape index (κ1) is 18.5. The Kier molecular flexibility index (Phi) is 5.08. The molecule has 136 valence electrons. The Balaban J connectivity index is 2.20. The zero-order valence-corrected chi connectivity index (χ0v) is 15.9. The number of rotatable bonds is 5. The maximum absolute atomic E-state index is 12.7. The van der Waals surface area contributed by atoms with Crippen LogP contribution in [0.15, 0.2) is 69.1 Å². The summed E-state index contributed by atoms with van der Waals surface area (Å²) in [6.07, 6.45) is 0. The van der Waals surface area contributed by atoms with Crippen molar-refractivity contribution in [3.05, 3.63) is 54.6 Å². The second kappa shape index (κ2) is 7.14. The summed E-state index contributed by atoms with van der Waals surface area (Å²) >= 11 is 0. The van der Waals surface area contributed by atoms with E-state index in [1.165, 1.54) is 12.1 Å². The van der Waals surface area contributed by atoms with Crippen molar-refractivity contribution < 1.29 is 17.1 Å². The Morgan fingerprint density at radius 2 is 1.62 bits per heavy atom. The van der Waals surface area contributed by atoms with Crippen molar-refractivity contribution in [2.75, 3.05) is 0 Å². The molecule has 1 heterocycles. The number of primary sulfonamides is 1. The number of hydrogen-bond donors (Lipinski definition) is 1. The molecule has 2 N–H and O–H groups in total. The summed E-state index contributed by atoms with van der Waals surface area (Å²) in [6.45, 7) is 3.66. The Bertz CT molecular complexity index is 1040. The molecule has 0 saturated carbocycles. The lowest BCUT2D eigenvalue weighted by Gasteiger charge is -2.07. The molecule has 0 aliphatic heterocycles. The van der Waals surface area contributed by atoms with E-state index in [0.29, 0.717) is 16.8 Å². The summed E-state index contributed by atoms with van der Waals surface area (Å²) in [6, 6.07) is 15.4. The van der Waals surface area contributed by atoms with Crippen molar-refractivity contribution in [2.24, 2.45) is 5.14 Å². The number of benzene rings is 2. The maximum Gasteiger partial charge on any atom is 0.238 e. The van der Waals surface area contributed by atoms with Gasteiger partial charge < -0.3 is 4.52 Å². The van der Waals surface area contributed by atoms with E-state index in [-0.39, 0.29) is 15.2 Å². The summed E-state index contributed by atoms with van der Waals surface area (Å²) in [4.78, 5) is 0.00509. The van der Waals surface area contributed by atoms with Crippen LogP contribution in [0.5, 0.6) is 0 Å². The van der Waals surface area contributed by atoms with Gasteiger partial charge in [0, 0.05) is 10.8 Å². The van der Waals surface area contributed by atoms with Crippen molar-refractivity contribution in [1.82, 2.24) is 5.16 Å². The Hall–Kier alpha value is -2.29. The fraction of sp³-hybridized carbons (Fsp3) is 0.167. The first-order valence-corrected chi connectivity index (χ1v) is 10.6.